The highest BCUT2D eigenvalue weighted by Crippen LogP contribution is 2.35. The third kappa shape index (κ3) is 6.13. The molecule has 2 N–H and O–H groups in total. The maximum atomic E-state index is 12.3. The van der Waals surface area contributed by atoms with E-state index in [1.165, 1.54) is 23.2 Å². The first-order valence-electron chi connectivity index (χ1n) is 13.4. The van der Waals surface area contributed by atoms with Crippen LogP contribution in [0.25, 0.3) is 16.8 Å². The Bertz CT molecular complexity index is 1660. The lowest BCUT2D eigenvalue weighted by atomic mass is 9.89. The van der Waals surface area contributed by atoms with E-state index in [1.807, 2.05) is 36.4 Å². The minimum atomic E-state index is -3.45. The van der Waals surface area contributed by atoms with Gasteiger partial charge in [-0.2, -0.15) is 0 Å². The van der Waals surface area contributed by atoms with Gasteiger partial charge in [0.15, 0.2) is 0 Å². The van der Waals surface area contributed by atoms with Gasteiger partial charge in [0.25, 0.3) is 0 Å². The van der Waals surface area contributed by atoms with Crippen LogP contribution in [0.1, 0.15) is 24.3 Å². The Morgan fingerprint density at radius 1 is 1.12 bits per heavy atom. The van der Waals surface area contributed by atoms with Gasteiger partial charge in [0, 0.05) is 19.7 Å². The summed E-state index contributed by atoms with van der Waals surface area (Å²) in [4.78, 5) is 18.4. The molecule has 1 amide bonds. The zero-order valence-corrected chi connectivity index (χ0v) is 24.5. The summed E-state index contributed by atoms with van der Waals surface area (Å²) >= 11 is 0. The monoisotopic (exact) mass is 577 g/mol. The lowest BCUT2D eigenvalue weighted by Crippen LogP contribution is -2.40. The van der Waals surface area contributed by atoms with Gasteiger partial charge in [-0.25, -0.2) is 17.9 Å². The summed E-state index contributed by atoms with van der Waals surface area (Å²) < 4.78 is 33.3. The molecule has 0 saturated carbocycles. The van der Waals surface area contributed by atoms with Crippen LogP contribution in [-0.4, -0.2) is 80.9 Å². The first kappa shape index (κ1) is 28.4. The number of likely N-dealkylation sites (tertiary alicyclic amines) is 1. The quantitative estimate of drug-likeness (QED) is 0.310. The molecule has 0 aliphatic carbocycles. The number of para-hydroxylation sites is 1. The van der Waals surface area contributed by atoms with Gasteiger partial charge in [-0.1, -0.05) is 24.3 Å². The van der Waals surface area contributed by atoms with E-state index < -0.39 is 10.0 Å². The van der Waals surface area contributed by atoms with Crippen LogP contribution in [0, 0.1) is 0 Å². The number of methoxy groups -OCH3 is 1. The SMILES string of the molecule is CNC(=O)CN1CCC(c2ccc(Nc3ncc4ccc(-c5ccccc5N(C)S(C)(=O)=O)n4n3)c(OC)c2)CC1. The van der Waals surface area contributed by atoms with E-state index >= 15 is 0 Å². The number of hydrogen-bond acceptors (Lipinski definition) is 8. The Hall–Kier alpha value is -4.16. The van der Waals surface area contributed by atoms with Crippen molar-refractivity contribution in [2.24, 2.45) is 0 Å². The number of hydrogen-bond donors (Lipinski definition) is 2. The van der Waals surface area contributed by atoms with Crippen molar-refractivity contribution < 1.29 is 17.9 Å². The molecule has 41 heavy (non-hydrogen) atoms. The summed E-state index contributed by atoms with van der Waals surface area (Å²) in [5, 5.41) is 10.7. The zero-order valence-electron chi connectivity index (χ0n) is 23.7. The fourth-order valence-corrected chi connectivity index (χ4v) is 5.71. The number of nitrogens with one attached hydrogen (secondary N) is 2. The highest BCUT2D eigenvalue weighted by molar-refractivity contribution is 7.92. The Kier molecular flexibility index (Phi) is 8.13. The minimum absolute atomic E-state index is 0.0402. The third-order valence-corrected chi connectivity index (χ3v) is 8.78. The number of benzene rings is 2. The molecule has 2 aromatic heterocycles. The van der Waals surface area contributed by atoms with Crippen LogP contribution < -0.4 is 19.7 Å². The van der Waals surface area contributed by atoms with Gasteiger partial charge in [-0.05, 0) is 67.7 Å². The molecule has 1 saturated heterocycles. The molecule has 0 radical (unpaired) electrons. The number of ether oxygens (including phenoxy) is 1. The zero-order chi connectivity index (χ0) is 29.1. The first-order valence-corrected chi connectivity index (χ1v) is 15.3. The predicted molar refractivity (Wildman–Crippen MR) is 160 cm³/mol. The molecular weight excluding hydrogens is 542 g/mol. The summed E-state index contributed by atoms with van der Waals surface area (Å²) in [5.41, 5.74) is 4.73. The van der Waals surface area contributed by atoms with Crippen molar-refractivity contribution in [2.75, 3.05) is 56.7 Å². The minimum Gasteiger partial charge on any atom is -0.495 e. The molecule has 0 bridgehead atoms. The van der Waals surface area contributed by atoms with Crippen molar-refractivity contribution in [3.63, 3.8) is 0 Å². The number of likely N-dealkylation sites (N-methyl/N-ethyl adjacent to an activating group) is 1. The summed E-state index contributed by atoms with van der Waals surface area (Å²) in [5.74, 6) is 1.49. The summed E-state index contributed by atoms with van der Waals surface area (Å²) in [6.07, 6.45) is 4.84. The van der Waals surface area contributed by atoms with Crippen molar-refractivity contribution in [3.8, 4) is 17.0 Å². The Morgan fingerprint density at radius 3 is 2.59 bits per heavy atom. The maximum Gasteiger partial charge on any atom is 0.245 e. The predicted octanol–water partition coefficient (Wildman–Crippen LogP) is 3.47. The molecule has 0 unspecified atom stereocenters. The molecule has 0 spiro atoms. The van der Waals surface area contributed by atoms with Crippen molar-refractivity contribution in [1.82, 2.24) is 24.8 Å². The summed E-state index contributed by atoms with van der Waals surface area (Å²) in [7, 11) is 1.39. The molecule has 216 valence electrons. The normalized spacial score (nSPS) is 14.6. The second-order valence-corrected chi connectivity index (χ2v) is 12.2. The number of carbonyl (C=O) groups excluding carboxylic acids is 1. The number of piperidine rings is 1. The van der Waals surface area contributed by atoms with Crippen LogP contribution in [0.4, 0.5) is 17.3 Å². The molecule has 0 atom stereocenters. The van der Waals surface area contributed by atoms with Gasteiger partial charge in [-0.3, -0.25) is 14.0 Å². The average Bonchev–Trinajstić information content (AvgIpc) is 3.40. The number of nitrogens with zero attached hydrogens (tertiary/aromatic N) is 5. The molecular formula is C29H35N7O4S. The van der Waals surface area contributed by atoms with Crippen molar-refractivity contribution in [1.29, 1.82) is 0 Å². The highest BCUT2D eigenvalue weighted by Gasteiger charge is 2.23. The lowest BCUT2D eigenvalue weighted by Gasteiger charge is -2.31. The smallest absolute Gasteiger partial charge is 0.245 e. The van der Waals surface area contributed by atoms with Crippen molar-refractivity contribution in [3.05, 3.63) is 66.4 Å². The van der Waals surface area contributed by atoms with Crippen LogP contribution in [0.5, 0.6) is 5.75 Å². The summed E-state index contributed by atoms with van der Waals surface area (Å²) in [6, 6.07) is 17.2. The molecule has 4 aromatic rings. The van der Waals surface area contributed by atoms with Crippen LogP contribution >= 0.6 is 0 Å². The van der Waals surface area contributed by atoms with E-state index in [2.05, 4.69) is 32.7 Å². The molecule has 1 aliphatic heterocycles. The Morgan fingerprint density at radius 2 is 1.88 bits per heavy atom. The van der Waals surface area contributed by atoms with Crippen LogP contribution in [0.15, 0.2) is 60.8 Å². The van der Waals surface area contributed by atoms with Crippen molar-refractivity contribution in [2.45, 2.75) is 18.8 Å². The number of sulfonamides is 1. The van der Waals surface area contributed by atoms with Gasteiger partial charge in [-0.15, -0.1) is 5.10 Å². The van der Waals surface area contributed by atoms with E-state index in [1.54, 1.807) is 30.9 Å². The lowest BCUT2D eigenvalue weighted by molar-refractivity contribution is -0.122. The second kappa shape index (κ2) is 11.8. The topological polar surface area (TPSA) is 121 Å². The van der Waals surface area contributed by atoms with Gasteiger partial charge in [0.05, 0.1) is 48.7 Å². The first-order chi connectivity index (χ1) is 19.7. The van der Waals surface area contributed by atoms with E-state index in [-0.39, 0.29) is 5.91 Å². The van der Waals surface area contributed by atoms with E-state index in [9.17, 15) is 13.2 Å². The van der Waals surface area contributed by atoms with E-state index in [0.29, 0.717) is 29.8 Å². The number of aromatic nitrogens is 3. The van der Waals surface area contributed by atoms with Gasteiger partial charge in [0.1, 0.15) is 5.75 Å². The van der Waals surface area contributed by atoms with Crippen LogP contribution in [-0.2, 0) is 14.8 Å². The second-order valence-electron chi connectivity index (χ2n) is 10.2. The van der Waals surface area contributed by atoms with Gasteiger partial charge >= 0.3 is 0 Å². The molecule has 1 aliphatic rings. The number of fused-ring (bicyclic) bond motifs is 1. The van der Waals surface area contributed by atoms with Gasteiger partial charge in [0.2, 0.25) is 21.9 Å². The number of amides is 1. The highest BCUT2D eigenvalue weighted by atomic mass is 32.2. The van der Waals surface area contributed by atoms with Crippen molar-refractivity contribution >= 4 is 38.8 Å². The Balaban J connectivity index is 1.38. The number of anilines is 3. The van der Waals surface area contributed by atoms with Crippen LogP contribution in [0.2, 0.25) is 0 Å². The van der Waals surface area contributed by atoms with E-state index in [4.69, 9.17) is 9.84 Å². The maximum absolute atomic E-state index is 12.3. The molecule has 12 heteroatoms. The molecule has 11 nitrogen and oxygen atoms in total. The average molecular weight is 578 g/mol. The largest absolute Gasteiger partial charge is 0.495 e. The Labute approximate surface area is 240 Å². The van der Waals surface area contributed by atoms with E-state index in [0.717, 1.165) is 48.4 Å². The fourth-order valence-electron chi connectivity index (χ4n) is 5.20. The number of carbonyl (C=O) groups is 1. The third-order valence-electron chi connectivity index (χ3n) is 7.59. The molecule has 3 heterocycles. The standard InChI is InChI=1S/C29H35N7O4S/c1-30-28(37)19-35-15-13-20(14-16-35)21-9-11-24(27(17-21)40-3)32-29-31-18-22-10-12-26(36(22)33-29)23-7-5-6-8-25(23)34(2)41(4,38)39/h5-12,17-18,20H,13-16,19H2,1-4H3,(H,30,37)(H,32,33). The molecule has 1 fully saturated rings. The molecule has 5 rings (SSSR count). The fraction of sp³-hybridized carbons (Fsp3) is 0.345. The van der Waals surface area contributed by atoms with Crippen LogP contribution in [0.3, 0.4) is 0 Å². The number of rotatable bonds is 9. The van der Waals surface area contributed by atoms with Gasteiger partial charge < -0.3 is 15.4 Å². The molecule has 2 aromatic carbocycles. The summed E-state index contributed by atoms with van der Waals surface area (Å²) in [6.45, 7) is 2.18.